The molecule has 0 saturated heterocycles. The Hall–Kier alpha value is -1.84. The number of hydrogen-bond donors (Lipinski definition) is 1. The van der Waals surface area contributed by atoms with Crippen molar-refractivity contribution in [2.24, 2.45) is 5.73 Å². The molecule has 0 fully saturated rings. The molecule has 0 spiro atoms. The second-order valence-electron chi connectivity index (χ2n) is 2.12. The number of urea groups is 1. The molecule has 3 amide bonds. The zero-order valence-corrected chi connectivity index (χ0v) is 6.23. The van der Waals surface area contributed by atoms with Crippen LogP contribution in [-0.2, 0) is 0 Å². The third kappa shape index (κ3) is 2.09. The van der Waals surface area contributed by atoms with Crippen LogP contribution in [-0.4, -0.2) is 11.9 Å². The Labute approximate surface area is 69.4 Å². The maximum atomic E-state index is 11.0. The summed E-state index contributed by atoms with van der Waals surface area (Å²) >= 11 is 0. The minimum absolute atomic E-state index is 0.358. The van der Waals surface area contributed by atoms with E-state index in [4.69, 9.17) is 5.73 Å². The molecule has 61 valence electrons. The molecule has 0 atom stereocenters. The molecule has 12 heavy (non-hydrogen) atoms. The highest BCUT2D eigenvalue weighted by atomic mass is 16.2. The van der Waals surface area contributed by atoms with E-state index in [1.807, 2.05) is 0 Å². The number of benzene rings is 1. The van der Waals surface area contributed by atoms with E-state index < -0.39 is 11.9 Å². The summed E-state index contributed by atoms with van der Waals surface area (Å²) in [6.07, 6.45) is 0. The first-order valence-electron chi connectivity index (χ1n) is 3.30. The van der Waals surface area contributed by atoms with Crippen molar-refractivity contribution < 1.29 is 9.59 Å². The van der Waals surface area contributed by atoms with E-state index in [0.29, 0.717) is 5.56 Å². The Morgan fingerprint density at radius 3 is 2.25 bits per heavy atom. The van der Waals surface area contributed by atoms with Crippen molar-refractivity contribution in [2.75, 3.05) is 0 Å². The predicted octanol–water partition coefficient (Wildman–Crippen LogP) is 0.510. The van der Waals surface area contributed by atoms with Crippen LogP contribution in [0.3, 0.4) is 0 Å². The van der Waals surface area contributed by atoms with Gasteiger partial charge >= 0.3 is 6.03 Å². The number of carbonyl (C=O) groups excluding carboxylic acids is 2. The smallest absolute Gasteiger partial charge is 0.341 e. The molecular formula is C8H7N2O2. The standard InChI is InChI=1S/C8H7N2O2/c9-8(12)10-7(11)6-4-2-1-3-5-6/h1-5H,(H2,9,12). The lowest BCUT2D eigenvalue weighted by Crippen LogP contribution is -2.28. The third-order valence-corrected chi connectivity index (χ3v) is 1.23. The Morgan fingerprint density at radius 2 is 1.75 bits per heavy atom. The van der Waals surface area contributed by atoms with E-state index in [1.54, 1.807) is 30.3 Å². The molecule has 0 unspecified atom stereocenters. The van der Waals surface area contributed by atoms with Gasteiger partial charge in [-0.2, -0.15) is 5.32 Å². The Bertz CT molecular complexity index is 295. The van der Waals surface area contributed by atoms with Gasteiger partial charge in [0.05, 0.1) is 0 Å². The van der Waals surface area contributed by atoms with Crippen LogP contribution in [0, 0.1) is 0 Å². The summed E-state index contributed by atoms with van der Waals surface area (Å²) in [5.74, 6) is -0.608. The molecular weight excluding hydrogens is 156 g/mol. The maximum Gasteiger partial charge on any atom is 0.341 e. The number of hydrogen-bond acceptors (Lipinski definition) is 2. The van der Waals surface area contributed by atoms with Gasteiger partial charge in [-0.1, -0.05) is 18.2 Å². The van der Waals surface area contributed by atoms with Gasteiger partial charge < -0.3 is 5.73 Å². The molecule has 0 aliphatic rings. The SMILES string of the molecule is NC(=O)[N]C(=O)c1ccccc1. The lowest BCUT2D eigenvalue weighted by atomic mass is 10.2. The fourth-order valence-corrected chi connectivity index (χ4v) is 0.745. The molecule has 0 bridgehead atoms. The van der Waals surface area contributed by atoms with Crippen molar-refractivity contribution >= 4 is 11.9 Å². The lowest BCUT2D eigenvalue weighted by Gasteiger charge is -1.95. The van der Waals surface area contributed by atoms with Crippen LogP contribution in [0.2, 0.25) is 0 Å². The average molecular weight is 163 g/mol. The number of carbonyl (C=O) groups is 2. The summed E-state index contributed by atoms with van der Waals surface area (Å²) in [4.78, 5) is 21.2. The first kappa shape index (κ1) is 8.26. The van der Waals surface area contributed by atoms with Crippen LogP contribution in [0.4, 0.5) is 4.79 Å². The van der Waals surface area contributed by atoms with E-state index in [2.05, 4.69) is 5.32 Å². The van der Waals surface area contributed by atoms with Gasteiger partial charge in [-0.25, -0.2) is 4.79 Å². The van der Waals surface area contributed by atoms with Gasteiger partial charge in [0.15, 0.2) is 0 Å². The average Bonchev–Trinajstić information content (AvgIpc) is 2.05. The van der Waals surface area contributed by atoms with Gasteiger partial charge in [0.2, 0.25) is 0 Å². The fraction of sp³-hybridized carbons (Fsp3) is 0. The van der Waals surface area contributed by atoms with E-state index in [-0.39, 0.29) is 0 Å². The molecule has 0 aromatic heterocycles. The predicted molar refractivity (Wildman–Crippen MR) is 42.5 cm³/mol. The number of imide groups is 1. The summed E-state index contributed by atoms with van der Waals surface area (Å²) in [5.41, 5.74) is 5.06. The molecule has 4 heteroatoms. The summed E-state index contributed by atoms with van der Waals surface area (Å²) in [6.45, 7) is 0. The van der Waals surface area contributed by atoms with Crippen LogP contribution in [0.25, 0.3) is 0 Å². The second kappa shape index (κ2) is 3.52. The van der Waals surface area contributed by atoms with Crippen molar-refractivity contribution in [3.05, 3.63) is 35.9 Å². The van der Waals surface area contributed by atoms with Crippen LogP contribution in [0.1, 0.15) is 10.4 Å². The van der Waals surface area contributed by atoms with E-state index >= 15 is 0 Å². The van der Waals surface area contributed by atoms with Crippen molar-refractivity contribution in [3.8, 4) is 0 Å². The molecule has 0 heterocycles. The number of amides is 3. The van der Waals surface area contributed by atoms with E-state index in [0.717, 1.165) is 0 Å². The molecule has 0 aliphatic carbocycles. The summed E-state index contributed by atoms with van der Waals surface area (Å²) in [7, 11) is 0. The van der Waals surface area contributed by atoms with Gasteiger partial charge in [0, 0.05) is 5.56 Å². The minimum Gasteiger partial charge on any atom is -0.350 e. The van der Waals surface area contributed by atoms with Gasteiger partial charge in [-0.3, -0.25) is 4.79 Å². The number of primary amides is 1. The molecule has 0 saturated carbocycles. The molecule has 1 radical (unpaired) electrons. The van der Waals surface area contributed by atoms with Gasteiger partial charge in [0.25, 0.3) is 5.91 Å². The van der Waals surface area contributed by atoms with Crippen molar-refractivity contribution in [2.45, 2.75) is 0 Å². The molecule has 4 nitrogen and oxygen atoms in total. The maximum absolute atomic E-state index is 11.0. The molecule has 0 aliphatic heterocycles. The zero-order valence-electron chi connectivity index (χ0n) is 6.23. The first-order valence-corrected chi connectivity index (χ1v) is 3.30. The van der Waals surface area contributed by atoms with Gasteiger partial charge in [-0.15, -0.1) is 0 Å². The lowest BCUT2D eigenvalue weighted by molar-refractivity contribution is 0.0962. The largest absolute Gasteiger partial charge is 0.350 e. The van der Waals surface area contributed by atoms with E-state index in [9.17, 15) is 9.59 Å². The highest BCUT2D eigenvalue weighted by Gasteiger charge is 2.07. The quantitative estimate of drug-likeness (QED) is 0.654. The van der Waals surface area contributed by atoms with Gasteiger partial charge in [-0.05, 0) is 12.1 Å². The van der Waals surface area contributed by atoms with Crippen LogP contribution in [0.5, 0.6) is 0 Å². The highest BCUT2D eigenvalue weighted by Crippen LogP contribution is 1.97. The van der Waals surface area contributed by atoms with Crippen LogP contribution in [0.15, 0.2) is 30.3 Å². The van der Waals surface area contributed by atoms with Gasteiger partial charge in [0.1, 0.15) is 0 Å². The second-order valence-corrected chi connectivity index (χ2v) is 2.12. The minimum atomic E-state index is -0.969. The molecule has 1 aromatic carbocycles. The molecule has 1 rings (SSSR count). The zero-order chi connectivity index (χ0) is 8.97. The van der Waals surface area contributed by atoms with Crippen LogP contribution < -0.4 is 11.1 Å². The summed E-state index contributed by atoms with van der Waals surface area (Å²) in [5, 5.41) is 3.05. The highest BCUT2D eigenvalue weighted by molar-refractivity contribution is 6.03. The first-order chi connectivity index (χ1) is 5.70. The number of nitrogens with two attached hydrogens (primary N) is 1. The van der Waals surface area contributed by atoms with Crippen molar-refractivity contribution in [1.82, 2.24) is 5.32 Å². The Morgan fingerprint density at radius 1 is 1.17 bits per heavy atom. The monoisotopic (exact) mass is 163 g/mol. The summed E-state index contributed by atoms with van der Waals surface area (Å²) < 4.78 is 0. The van der Waals surface area contributed by atoms with Crippen molar-refractivity contribution in [3.63, 3.8) is 0 Å². The third-order valence-electron chi connectivity index (χ3n) is 1.23. The number of rotatable bonds is 1. The van der Waals surface area contributed by atoms with Crippen LogP contribution >= 0.6 is 0 Å². The molecule has 2 N–H and O–H groups in total. The Balaban J connectivity index is 2.73. The number of nitrogens with zero attached hydrogens (tertiary/aromatic N) is 1. The summed E-state index contributed by atoms with van der Waals surface area (Å²) in [6, 6.07) is 7.29. The van der Waals surface area contributed by atoms with E-state index in [1.165, 1.54) is 0 Å². The topological polar surface area (TPSA) is 74.3 Å². The normalized spacial score (nSPS) is 9.00. The van der Waals surface area contributed by atoms with Crippen molar-refractivity contribution in [1.29, 1.82) is 0 Å². The fourth-order valence-electron chi connectivity index (χ4n) is 0.745. The Kier molecular flexibility index (Phi) is 2.42. The molecule has 1 aromatic rings.